The van der Waals surface area contributed by atoms with Crippen LogP contribution >= 0.6 is 11.6 Å². The molecule has 0 saturated carbocycles. The second-order valence-corrected chi connectivity index (χ2v) is 4.75. The summed E-state index contributed by atoms with van der Waals surface area (Å²) in [6, 6.07) is 0. The number of halogens is 1. The Morgan fingerprint density at radius 2 is 1.54 bits per heavy atom. The summed E-state index contributed by atoms with van der Waals surface area (Å²) in [5.74, 6) is 0.750. The maximum Gasteiger partial charge on any atom is 0.245 e. The number of imidazole rings is 2. The predicted molar refractivity (Wildman–Crippen MR) is 88.4 cm³/mol. The van der Waals surface area contributed by atoms with Gasteiger partial charge in [-0.2, -0.15) is 19.9 Å². The Kier molecular flexibility index (Phi) is 4.24. The third-order valence-corrected chi connectivity index (χ3v) is 3.08. The molecule has 0 bridgehead atoms. The summed E-state index contributed by atoms with van der Waals surface area (Å²) < 4.78 is 5.26. The van der Waals surface area contributed by atoms with Crippen LogP contribution in [0.2, 0.25) is 5.15 Å². The molecule has 0 aliphatic rings. The zero-order valence-corrected chi connectivity index (χ0v) is 13.2. The van der Waals surface area contributed by atoms with E-state index >= 15 is 0 Å². The van der Waals surface area contributed by atoms with Crippen LogP contribution in [0.3, 0.4) is 0 Å². The number of H-pyrrole nitrogens is 2. The van der Waals surface area contributed by atoms with Crippen molar-refractivity contribution in [2.75, 3.05) is 18.1 Å². The van der Waals surface area contributed by atoms with E-state index in [0.717, 1.165) is 0 Å². The Morgan fingerprint density at radius 3 is 2.21 bits per heavy atom. The summed E-state index contributed by atoms with van der Waals surface area (Å²) in [4.78, 5) is 28.9. The molecule has 0 saturated heterocycles. The second kappa shape index (κ2) is 6.50. The number of fused-ring (bicyclic) bond motifs is 2. The first-order valence-corrected chi connectivity index (χ1v) is 7.17. The molecule has 4 aromatic heterocycles. The molecule has 0 aliphatic heterocycles. The van der Waals surface area contributed by atoms with Gasteiger partial charge in [-0.05, 0) is 6.92 Å². The van der Waals surface area contributed by atoms with Gasteiger partial charge in [0.2, 0.25) is 17.8 Å². The van der Waals surface area contributed by atoms with Crippen LogP contribution in [0.1, 0.15) is 6.92 Å². The third-order valence-electron chi connectivity index (χ3n) is 2.81. The summed E-state index contributed by atoms with van der Waals surface area (Å²) in [5, 5.41) is 0.296. The summed E-state index contributed by atoms with van der Waals surface area (Å²) in [7, 11) is 0. The highest BCUT2D eigenvalue weighted by Gasteiger charge is 2.08. The van der Waals surface area contributed by atoms with Gasteiger partial charge in [0.1, 0.15) is 11.0 Å². The Labute approximate surface area is 139 Å². The molecule has 6 N–H and O–H groups in total. The molecule has 4 heterocycles. The van der Waals surface area contributed by atoms with E-state index in [4.69, 9.17) is 27.8 Å². The summed E-state index contributed by atoms with van der Waals surface area (Å²) in [6.07, 6.45) is 3.02. The number of anilines is 2. The van der Waals surface area contributed by atoms with Crippen molar-refractivity contribution in [3.8, 4) is 5.88 Å². The van der Waals surface area contributed by atoms with E-state index in [0.29, 0.717) is 40.0 Å². The molecule has 4 aromatic rings. The minimum absolute atomic E-state index is 0.134. The predicted octanol–water partition coefficient (Wildman–Crippen LogP) is 0.922. The summed E-state index contributed by atoms with van der Waals surface area (Å²) >= 11 is 5.70. The lowest BCUT2D eigenvalue weighted by atomic mass is 10.5. The molecule has 24 heavy (non-hydrogen) atoms. The van der Waals surface area contributed by atoms with Crippen molar-refractivity contribution in [2.24, 2.45) is 0 Å². The Hall–Kier alpha value is -3.21. The fraction of sp³-hybridized carbons (Fsp3) is 0.167. The average Bonchev–Trinajstić information content (AvgIpc) is 3.16. The van der Waals surface area contributed by atoms with Gasteiger partial charge in [-0.25, -0.2) is 9.97 Å². The van der Waals surface area contributed by atoms with Gasteiger partial charge in [0.05, 0.1) is 19.3 Å². The van der Waals surface area contributed by atoms with Gasteiger partial charge in [0.25, 0.3) is 0 Å². The van der Waals surface area contributed by atoms with Crippen LogP contribution in [0.25, 0.3) is 22.3 Å². The number of nitrogen functional groups attached to an aromatic ring is 2. The van der Waals surface area contributed by atoms with Crippen molar-refractivity contribution < 1.29 is 4.74 Å². The van der Waals surface area contributed by atoms with Crippen LogP contribution < -0.4 is 16.2 Å². The fourth-order valence-electron chi connectivity index (χ4n) is 1.88. The Morgan fingerprint density at radius 1 is 0.958 bits per heavy atom. The van der Waals surface area contributed by atoms with Crippen molar-refractivity contribution in [1.29, 1.82) is 0 Å². The molecule has 0 amide bonds. The summed E-state index contributed by atoms with van der Waals surface area (Å²) in [6.45, 7) is 2.41. The van der Waals surface area contributed by atoms with Crippen LogP contribution in [0.4, 0.5) is 11.9 Å². The fourth-order valence-corrected chi connectivity index (χ4v) is 2.10. The lowest BCUT2D eigenvalue weighted by Crippen LogP contribution is -2.01. The van der Waals surface area contributed by atoms with E-state index in [1.165, 1.54) is 12.7 Å². The van der Waals surface area contributed by atoms with Gasteiger partial charge in [-0.1, -0.05) is 11.6 Å². The minimum atomic E-state index is 0.134. The minimum Gasteiger partial charge on any atom is -0.476 e. The molecule has 0 spiro atoms. The number of nitrogens with zero attached hydrogens (tertiary/aromatic N) is 6. The monoisotopic (exact) mass is 348 g/mol. The van der Waals surface area contributed by atoms with Gasteiger partial charge in [0, 0.05) is 0 Å². The molecule has 0 aromatic carbocycles. The van der Waals surface area contributed by atoms with Crippen molar-refractivity contribution >= 4 is 45.8 Å². The summed E-state index contributed by atoms with van der Waals surface area (Å²) in [5.41, 5.74) is 13.1. The first-order valence-electron chi connectivity index (χ1n) is 6.80. The topological polar surface area (TPSA) is 170 Å². The molecule has 0 fully saturated rings. The van der Waals surface area contributed by atoms with Gasteiger partial charge in [0.15, 0.2) is 16.4 Å². The number of nitrogens with two attached hydrogens (primary N) is 2. The van der Waals surface area contributed by atoms with E-state index in [1.54, 1.807) is 0 Å². The highest BCUT2D eigenvalue weighted by atomic mass is 35.5. The molecule has 0 atom stereocenters. The second-order valence-electron chi connectivity index (χ2n) is 4.39. The van der Waals surface area contributed by atoms with Gasteiger partial charge < -0.3 is 26.2 Å². The molecule has 11 nitrogen and oxygen atoms in total. The smallest absolute Gasteiger partial charge is 0.245 e. The van der Waals surface area contributed by atoms with Crippen molar-refractivity contribution in [3.05, 3.63) is 17.8 Å². The first-order chi connectivity index (χ1) is 11.6. The maximum atomic E-state index is 5.70. The lowest BCUT2D eigenvalue weighted by Gasteiger charge is -2.02. The zero-order chi connectivity index (χ0) is 17.1. The standard InChI is InChI=1S/C7H9N5O.C5H4ClN5/c1-2-13-6-4-5(10-3-9-4)11-7(8)12-6;6-3-2-4(9-1-8-2)11-5(7)10-3/h3H,2H2,1H3,(H3,8,9,10,11,12);1H,(H3,7,8,9,10,11). The van der Waals surface area contributed by atoms with Crippen LogP contribution in [0, 0.1) is 0 Å². The molecule has 0 unspecified atom stereocenters. The zero-order valence-electron chi connectivity index (χ0n) is 12.5. The highest BCUT2D eigenvalue weighted by Crippen LogP contribution is 2.19. The largest absolute Gasteiger partial charge is 0.476 e. The third kappa shape index (κ3) is 3.10. The van der Waals surface area contributed by atoms with Crippen molar-refractivity contribution in [1.82, 2.24) is 39.9 Å². The number of hydrogen-bond acceptors (Lipinski definition) is 9. The number of rotatable bonds is 2. The van der Waals surface area contributed by atoms with E-state index in [9.17, 15) is 0 Å². The number of nitrogens with one attached hydrogen (secondary N) is 2. The van der Waals surface area contributed by atoms with E-state index in [2.05, 4.69) is 39.9 Å². The quantitative estimate of drug-likeness (QED) is 0.384. The van der Waals surface area contributed by atoms with Gasteiger partial charge >= 0.3 is 0 Å². The van der Waals surface area contributed by atoms with Crippen molar-refractivity contribution in [3.63, 3.8) is 0 Å². The maximum absolute atomic E-state index is 5.70. The van der Waals surface area contributed by atoms with Crippen LogP contribution in [0.15, 0.2) is 12.7 Å². The number of hydrogen-bond donors (Lipinski definition) is 4. The van der Waals surface area contributed by atoms with Gasteiger partial charge in [-0.15, -0.1) is 0 Å². The van der Waals surface area contributed by atoms with Crippen LogP contribution in [-0.2, 0) is 0 Å². The highest BCUT2D eigenvalue weighted by molar-refractivity contribution is 6.33. The number of aromatic amines is 2. The van der Waals surface area contributed by atoms with Gasteiger partial charge in [-0.3, -0.25) is 0 Å². The van der Waals surface area contributed by atoms with Crippen LogP contribution in [0.5, 0.6) is 5.88 Å². The van der Waals surface area contributed by atoms with Crippen LogP contribution in [-0.4, -0.2) is 46.5 Å². The number of ether oxygens (including phenoxy) is 1. The SMILES string of the molecule is CCOc1nc(N)nc2nc[nH]c12.Nc1nc(Cl)c2[nH]cnc2n1. The molecular formula is C12H13ClN10O. The molecular weight excluding hydrogens is 336 g/mol. The van der Waals surface area contributed by atoms with Crippen molar-refractivity contribution in [2.45, 2.75) is 6.92 Å². The molecule has 124 valence electrons. The first kappa shape index (κ1) is 15.7. The Balaban J connectivity index is 0.000000143. The van der Waals surface area contributed by atoms with E-state index in [-0.39, 0.29) is 11.9 Å². The molecule has 0 radical (unpaired) electrons. The lowest BCUT2D eigenvalue weighted by molar-refractivity contribution is 0.331. The molecule has 4 rings (SSSR count). The normalized spacial score (nSPS) is 10.6. The van der Waals surface area contributed by atoms with E-state index in [1.807, 2.05) is 6.92 Å². The number of aromatic nitrogens is 8. The van der Waals surface area contributed by atoms with E-state index < -0.39 is 0 Å². The molecule has 0 aliphatic carbocycles. The molecule has 12 heteroatoms. The Bertz CT molecular complexity index is 980. The average molecular weight is 349 g/mol.